The van der Waals surface area contributed by atoms with E-state index in [9.17, 15) is 9.59 Å². The molecule has 0 spiro atoms. The molecule has 92 valence electrons. The number of hydrogen-bond acceptors (Lipinski definition) is 3. The molecular formula is C11H20N2O3. The SMILES string of the molecule is CC(=O)NC(CN(C)CC1CC1C)C(=O)O. The quantitative estimate of drug-likeness (QED) is 0.679. The van der Waals surface area contributed by atoms with E-state index < -0.39 is 12.0 Å². The molecule has 0 aliphatic heterocycles. The van der Waals surface area contributed by atoms with Gasteiger partial charge in [-0.25, -0.2) is 4.79 Å². The molecule has 1 rings (SSSR count). The lowest BCUT2D eigenvalue weighted by Crippen LogP contribution is -2.47. The number of nitrogens with zero attached hydrogens (tertiary/aromatic N) is 1. The highest BCUT2D eigenvalue weighted by Crippen LogP contribution is 2.37. The number of hydrogen-bond donors (Lipinski definition) is 2. The Balaban J connectivity index is 2.35. The van der Waals surface area contributed by atoms with Crippen LogP contribution in [0.25, 0.3) is 0 Å². The summed E-state index contributed by atoms with van der Waals surface area (Å²) in [7, 11) is 1.89. The third kappa shape index (κ3) is 4.18. The minimum atomic E-state index is -0.981. The first-order valence-corrected chi connectivity index (χ1v) is 5.58. The Labute approximate surface area is 95.8 Å². The first kappa shape index (κ1) is 13.0. The van der Waals surface area contributed by atoms with Gasteiger partial charge in [0.15, 0.2) is 0 Å². The van der Waals surface area contributed by atoms with Crippen LogP contribution in [0.2, 0.25) is 0 Å². The van der Waals surface area contributed by atoms with Crippen LogP contribution in [0.4, 0.5) is 0 Å². The summed E-state index contributed by atoms with van der Waals surface area (Å²) in [5, 5.41) is 11.4. The van der Waals surface area contributed by atoms with Crippen LogP contribution in [0.3, 0.4) is 0 Å². The Morgan fingerprint density at radius 1 is 1.56 bits per heavy atom. The highest BCUT2D eigenvalue weighted by atomic mass is 16.4. The summed E-state index contributed by atoms with van der Waals surface area (Å²) in [5.74, 6) is 0.162. The van der Waals surface area contributed by atoms with E-state index in [0.717, 1.165) is 12.5 Å². The second-order valence-electron chi connectivity index (χ2n) is 4.79. The van der Waals surface area contributed by atoms with E-state index in [2.05, 4.69) is 12.2 Å². The largest absolute Gasteiger partial charge is 0.480 e. The molecule has 1 fully saturated rings. The van der Waals surface area contributed by atoms with Crippen LogP contribution < -0.4 is 5.32 Å². The molecule has 0 aromatic carbocycles. The van der Waals surface area contributed by atoms with Crippen molar-refractivity contribution in [2.45, 2.75) is 26.3 Å². The van der Waals surface area contributed by atoms with Gasteiger partial charge >= 0.3 is 5.97 Å². The zero-order valence-corrected chi connectivity index (χ0v) is 10.1. The van der Waals surface area contributed by atoms with Gasteiger partial charge in [-0.15, -0.1) is 0 Å². The van der Waals surface area contributed by atoms with Crippen LogP contribution >= 0.6 is 0 Å². The molecule has 1 amide bonds. The fraction of sp³-hybridized carbons (Fsp3) is 0.818. The van der Waals surface area contributed by atoms with E-state index in [1.807, 2.05) is 11.9 Å². The number of amides is 1. The highest BCUT2D eigenvalue weighted by molar-refractivity contribution is 5.82. The van der Waals surface area contributed by atoms with Crippen LogP contribution in [0.5, 0.6) is 0 Å². The fourth-order valence-corrected chi connectivity index (χ4v) is 1.87. The number of carboxylic acids is 1. The summed E-state index contributed by atoms with van der Waals surface area (Å²) in [4.78, 5) is 23.7. The third-order valence-corrected chi connectivity index (χ3v) is 2.99. The van der Waals surface area contributed by atoms with Crippen molar-refractivity contribution in [2.75, 3.05) is 20.1 Å². The van der Waals surface area contributed by atoms with E-state index in [0.29, 0.717) is 12.5 Å². The Morgan fingerprint density at radius 2 is 2.12 bits per heavy atom. The number of nitrogens with one attached hydrogen (secondary N) is 1. The second kappa shape index (κ2) is 5.30. The number of carbonyl (C=O) groups is 2. The predicted octanol–water partition coefficient (Wildman–Crippen LogP) is 0.164. The predicted molar refractivity (Wildman–Crippen MR) is 60.0 cm³/mol. The average Bonchev–Trinajstić information content (AvgIpc) is 2.79. The van der Waals surface area contributed by atoms with Gasteiger partial charge < -0.3 is 15.3 Å². The second-order valence-corrected chi connectivity index (χ2v) is 4.79. The van der Waals surface area contributed by atoms with Gasteiger partial charge in [0.1, 0.15) is 6.04 Å². The van der Waals surface area contributed by atoms with Crippen molar-refractivity contribution < 1.29 is 14.7 Å². The average molecular weight is 228 g/mol. The lowest BCUT2D eigenvalue weighted by atomic mass is 10.2. The molecular weight excluding hydrogens is 208 g/mol. The minimum absolute atomic E-state index is 0.305. The summed E-state index contributed by atoms with van der Waals surface area (Å²) in [5.41, 5.74) is 0. The highest BCUT2D eigenvalue weighted by Gasteiger charge is 2.33. The van der Waals surface area contributed by atoms with E-state index in [-0.39, 0.29) is 5.91 Å². The molecule has 0 aromatic heterocycles. The lowest BCUT2D eigenvalue weighted by Gasteiger charge is -2.21. The van der Waals surface area contributed by atoms with Gasteiger partial charge in [-0.3, -0.25) is 4.79 Å². The number of carbonyl (C=O) groups excluding carboxylic acids is 1. The molecule has 0 aromatic rings. The topological polar surface area (TPSA) is 69.6 Å². The monoisotopic (exact) mass is 228 g/mol. The molecule has 1 aliphatic rings. The summed E-state index contributed by atoms with van der Waals surface area (Å²) in [6.07, 6.45) is 1.22. The van der Waals surface area contributed by atoms with Crippen LogP contribution in [0, 0.1) is 11.8 Å². The van der Waals surface area contributed by atoms with E-state index in [1.165, 1.54) is 13.3 Å². The zero-order chi connectivity index (χ0) is 12.3. The molecule has 0 saturated heterocycles. The van der Waals surface area contributed by atoms with Gasteiger partial charge in [0.25, 0.3) is 0 Å². The van der Waals surface area contributed by atoms with Crippen LogP contribution in [-0.2, 0) is 9.59 Å². The van der Waals surface area contributed by atoms with Crippen molar-refractivity contribution in [1.29, 1.82) is 0 Å². The molecule has 5 nitrogen and oxygen atoms in total. The third-order valence-electron chi connectivity index (χ3n) is 2.99. The Kier molecular flexibility index (Phi) is 4.29. The Bertz CT molecular complexity index is 280. The Morgan fingerprint density at radius 3 is 2.50 bits per heavy atom. The molecule has 16 heavy (non-hydrogen) atoms. The molecule has 0 heterocycles. The van der Waals surface area contributed by atoms with Gasteiger partial charge in [-0.2, -0.15) is 0 Å². The molecule has 3 unspecified atom stereocenters. The van der Waals surface area contributed by atoms with Gasteiger partial charge in [-0.1, -0.05) is 6.92 Å². The molecule has 5 heteroatoms. The van der Waals surface area contributed by atoms with Crippen molar-refractivity contribution in [3.8, 4) is 0 Å². The molecule has 3 atom stereocenters. The molecule has 0 bridgehead atoms. The van der Waals surface area contributed by atoms with Gasteiger partial charge in [0.2, 0.25) is 5.91 Å². The van der Waals surface area contributed by atoms with Crippen molar-refractivity contribution >= 4 is 11.9 Å². The van der Waals surface area contributed by atoms with Crippen molar-refractivity contribution in [3.63, 3.8) is 0 Å². The summed E-state index contributed by atoms with van der Waals surface area (Å²) in [6.45, 7) is 4.79. The van der Waals surface area contributed by atoms with Gasteiger partial charge in [-0.05, 0) is 25.3 Å². The Hall–Kier alpha value is -1.10. The van der Waals surface area contributed by atoms with Gasteiger partial charge in [0.05, 0.1) is 0 Å². The molecule has 1 saturated carbocycles. The van der Waals surface area contributed by atoms with Gasteiger partial charge in [0, 0.05) is 20.0 Å². The summed E-state index contributed by atoms with van der Waals surface area (Å²) >= 11 is 0. The van der Waals surface area contributed by atoms with Crippen molar-refractivity contribution in [1.82, 2.24) is 10.2 Å². The number of aliphatic carboxylic acids is 1. The number of rotatable bonds is 6. The van der Waals surface area contributed by atoms with Crippen LogP contribution in [-0.4, -0.2) is 48.1 Å². The standard InChI is InChI=1S/C11H20N2O3/c1-7-4-9(7)5-13(3)6-10(11(15)16)12-8(2)14/h7,9-10H,4-6H2,1-3H3,(H,12,14)(H,15,16). The first-order chi connectivity index (χ1) is 7.40. The molecule has 1 aliphatic carbocycles. The zero-order valence-electron chi connectivity index (χ0n) is 10.1. The van der Waals surface area contributed by atoms with E-state index in [4.69, 9.17) is 5.11 Å². The van der Waals surface area contributed by atoms with E-state index in [1.54, 1.807) is 0 Å². The summed E-state index contributed by atoms with van der Waals surface area (Å²) < 4.78 is 0. The minimum Gasteiger partial charge on any atom is -0.480 e. The maximum atomic E-state index is 10.9. The maximum Gasteiger partial charge on any atom is 0.327 e. The normalized spacial score (nSPS) is 25.2. The first-order valence-electron chi connectivity index (χ1n) is 5.58. The van der Waals surface area contributed by atoms with E-state index >= 15 is 0 Å². The fourth-order valence-electron chi connectivity index (χ4n) is 1.87. The van der Waals surface area contributed by atoms with Crippen LogP contribution in [0.15, 0.2) is 0 Å². The van der Waals surface area contributed by atoms with Crippen molar-refractivity contribution in [2.24, 2.45) is 11.8 Å². The number of likely N-dealkylation sites (N-methyl/N-ethyl adjacent to an activating group) is 1. The molecule has 0 radical (unpaired) electrons. The maximum absolute atomic E-state index is 10.9. The molecule has 2 N–H and O–H groups in total. The number of carboxylic acid groups (broad SMARTS) is 1. The van der Waals surface area contributed by atoms with Crippen molar-refractivity contribution in [3.05, 3.63) is 0 Å². The lowest BCUT2D eigenvalue weighted by molar-refractivity contribution is -0.142. The smallest absolute Gasteiger partial charge is 0.327 e. The van der Waals surface area contributed by atoms with Crippen LogP contribution in [0.1, 0.15) is 20.3 Å². The summed E-state index contributed by atoms with van der Waals surface area (Å²) in [6, 6.07) is -0.809.